The number of hydrogen-bond acceptors (Lipinski definition) is 7. The van der Waals surface area contributed by atoms with Crippen molar-refractivity contribution in [1.82, 2.24) is 14.8 Å². The Hall–Kier alpha value is -3.64. The number of benzene rings is 1. The Morgan fingerprint density at radius 2 is 1.97 bits per heavy atom. The van der Waals surface area contributed by atoms with Gasteiger partial charge in [0.05, 0.1) is 6.61 Å². The minimum atomic E-state index is -0.493. The van der Waals surface area contributed by atoms with Gasteiger partial charge in [-0.3, -0.25) is 10.1 Å². The predicted octanol–water partition coefficient (Wildman–Crippen LogP) is 4.49. The highest BCUT2D eigenvalue weighted by Gasteiger charge is 2.19. The fourth-order valence-electron chi connectivity index (χ4n) is 3.96. The van der Waals surface area contributed by atoms with Crippen LogP contribution >= 0.6 is 11.3 Å². The quantitative estimate of drug-likeness (QED) is 0.411. The molecule has 1 aliphatic rings. The van der Waals surface area contributed by atoms with Crippen LogP contribution < -0.4 is 15.0 Å². The van der Waals surface area contributed by atoms with Gasteiger partial charge in [0.15, 0.2) is 0 Å². The second-order valence-corrected chi connectivity index (χ2v) is 8.75. The summed E-state index contributed by atoms with van der Waals surface area (Å²) in [6.07, 6.45) is 3.89. The smallest absolute Gasteiger partial charge is 0.268 e. The van der Waals surface area contributed by atoms with E-state index < -0.39 is 5.91 Å². The lowest BCUT2D eigenvalue weighted by atomic mass is 10.1. The number of hydrogen-bond donors (Lipinski definition) is 1. The standard InChI is InChI=1S/C24H26N6O2S/c1-4-32-21-9-7-20(8-10-21)30-16(2)13-18(17(30)3)14-19(15-25)22(31)26-23-27-28-24(33-23)29-11-5-6-12-29/h7-10,13-14H,4-6,11-12H2,1-3H3,(H,26,27,31)/b19-14-. The van der Waals surface area contributed by atoms with Gasteiger partial charge in [-0.25, -0.2) is 0 Å². The van der Waals surface area contributed by atoms with E-state index >= 15 is 0 Å². The second kappa shape index (κ2) is 9.88. The summed E-state index contributed by atoms with van der Waals surface area (Å²) in [5.74, 6) is 0.323. The molecule has 0 unspecified atom stereocenters. The molecule has 0 radical (unpaired) electrons. The maximum absolute atomic E-state index is 12.8. The largest absolute Gasteiger partial charge is 0.494 e. The van der Waals surface area contributed by atoms with Crippen LogP contribution in [0.5, 0.6) is 5.75 Å². The Morgan fingerprint density at radius 1 is 1.24 bits per heavy atom. The lowest BCUT2D eigenvalue weighted by Crippen LogP contribution is -2.17. The molecule has 0 aliphatic carbocycles. The Kier molecular flexibility index (Phi) is 6.75. The van der Waals surface area contributed by atoms with E-state index in [1.807, 2.05) is 57.2 Å². The first-order valence-electron chi connectivity index (χ1n) is 10.9. The molecule has 1 N–H and O–H groups in total. The van der Waals surface area contributed by atoms with Gasteiger partial charge < -0.3 is 14.2 Å². The van der Waals surface area contributed by atoms with Crippen molar-refractivity contribution in [3.8, 4) is 17.5 Å². The maximum Gasteiger partial charge on any atom is 0.268 e. The zero-order chi connectivity index (χ0) is 23.4. The summed E-state index contributed by atoms with van der Waals surface area (Å²) in [5.41, 5.74) is 3.74. The summed E-state index contributed by atoms with van der Waals surface area (Å²) in [7, 11) is 0. The average Bonchev–Trinajstić information content (AvgIpc) is 3.54. The number of ether oxygens (including phenoxy) is 1. The number of carbonyl (C=O) groups is 1. The lowest BCUT2D eigenvalue weighted by molar-refractivity contribution is -0.112. The minimum Gasteiger partial charge on any atom is -0.494 e. The molecule has 0 spiro atoms. The van der Waals surface area contributed by atoms with Crippen LogP contribution in [0.3, 0.4) is 0 Å². The molecule has 0 saturated carbocycles. The summed E-state index contributed by atoms with van der Waals surface area (Å²) in [6.45, 7) is 8.44. The fourth-order valence-corrected chi connectivity index (χ4v) is 4.75. The van der Waals surface area contributed by atoms with Crippen LogP contribution in [-0.4, -0.2) is 40.4 Å². The first kappa shape index (κ1) is 22.6. The van der Waals surface area contributed by atoms with Crippen molar-refractivity contribution >= 4 is 33.6 Å². The predicted molar refractivity (Wildman–Crippen MR) is 130 cm³/mol. The molecule has 1 aromatic carbocycles. The molecule has 1 saturated heterocycles. The molecule has 3 aromatic rings. The first-order chi connectivity index (χ1) is 16.0. The van der Waals surface area contributed by atoms with Gasteiger partial charge in [-0.05, 0) is 75.6 Å². The SMILES string of the molecule is CCOc1ccc(-n2c(C)cc(/C=C(/C#N)C(=O)Nc3nnc(N4CCCC4)s3)c2C)cc1. The molecule has 33 heavy (non-hydrogen) atoms. The Balaban J connectivity index is 1.53. The van der Waals surface area contributed by atoms with Crippen LogP contribution in [0.1, 0.15) is 36.7 Å². The number of carbonyl (C=O) groups excluding carboxylic acids is 1. The van der Waals surface area contributed by atoms with Crippen molar-refractivity contribution in [3.05, 3.63) is 52.9 Å². The zero-order valence-corrected chi connectivity index (χ0v) is 19.8. The summed E-state index contributed by atoms with van der Waals surface area (Å²) in [4.78, 5) is 14.9. The van der Waals surface area contributed by atoms with E-state index in [1.54, 1.807) is 6.08 Å². The highest BCUT2D eigenvalue weighted by molar-refractivity contribution is 7.19. The van der Waals surface area contributed by atoms with Crippen molar-refractivity contribution in [2.75, 3.05) is 29.9 Å². The van der Waals surface area contributed by atoms with E-state index in [0.29, 0.717) is 11.7 Å². The number of amides is 1. The highest BCUT2D eigenvalue weighted by atomic mass is 32.1. The van der Waals surface area contributed by atoms with Gasteiger partial charge in [0.1, 0.15) is 17.4 Å². The minimum absolute atomic E-state index is 0.0138. The van der Waals surface area contributed by atoms with Crippen molar-refractivity contribution in [2.45, 2.75) is 33.6 Å². The molecule has 1 amide bonds. The van der Waals surface area contributed by atoms with Gasteiger partial charge in [0.2, 0.25) is 10.3 Å². The summed E-state index contributed by atoms with van der Waals surface area (Å²) >= 11 is 1.32. The molecule has 9 heteroatoms. The van der Waals surface area contributed by atoms with Gasteiger partial charge >= 0.3 is 0 Å². The van der Waals surface area contributed by atoms with E-state index in [0.717, 1.165) is 59.5 Å². The van der Waals surface area contributed by atoms with Crippen LogP contribution in [0.4, 0.5) is 10.3 Å². The monoisotopic (exact) mass is 462 g/mol. The lowest BCUT2D eigenvalue weighted by Gasteiger charge is -2.11. The van der Waals surface area contributed by atoms with Crippen LogP contribution in [-0.2, 0) is 4.79 Å². The molecule has 3 heterocycles. The van der Waals surface area contributed by atoms with Crippen LogP contribution in [0.25, 0.3) is 11.8 Å². The van der Waals surface area contributed by atoms with Gasteiger partial charge in [-0.15, -0.1) is 10.2 Å². The van der Waals surface area contributed by atoms with Crippen molar-refractivity contribution in [2.24, 2.45) is 0 Å². The molecule has 0 bridgehead atoms. The molecule has 170 valence electrons. The topological polar surface area (TPSA) is 96.1 Å². The normalized spacial score (nSPS) is 13.8. The number of aryl methyl sites for hydroxylation is 1. The molecular weight excluding hydrogens is 436 g/mol. The maximum atomic E-state index is 12.8. The Morgan fingerprint density at radius 3 is 2.64 bits per heavy atom. The molecule has 8 nitrogen and oxygen atoms in total. The highest BCUT2D eigenvalue weighted by Crippen LogP contribution is 2.28. The number of nitrogens with zero attached hydrogens (tertiary/aromatic N) is 5. The Bertz CT molecular complexity index is 1210. The van der Waals surface area contributed by atoms with Crippen LogP contribution in [0.15, 0.2) is 35.9 Å². The number of nitrogens with one attached hydrogen (secondary N) is 1. The van der Waals surface area contributed by atoms with Crippen LogP contribution in [0.2, 0.25) is 0 Å². The fraction of sp³-hybridized carbons (Fsp3) is 0.333. The van der Waals surface area contributed by atoms with E-state index in [2.05, 4.69) is 25.0 Å². The molecular formula is C24H26N6O2S. The second-order valence-electron chi connectivity index (χ2n) is 7.80. The van der Waals surface area contributed by atoms with Gasteiger partial charge in [0, 0.05) is 30.2 Å². The summed E-state index contributed by atoms with van der Waals surface area (Å²) in [5, 5.41) is 21.8. The van der Waals surface area contributed by atoms with Gasteiger partial charge in [-0.2, -0.15) is 5.26 Å². The third-order valence-corrected chi connectivity index (χ3v) is 6.45. The van der Waals surface area contributed by atoms with Gasteiger partial charge in [0.25, 0.3) is 5.91 Å². The van der Waals surface area contributed by atoms with E-state index in [1.165, 1.54) is 11.3 Å². The van der Waals surface area contributed by atoms with Crippen LogP contribution in [0, 0.1) is 25.2 Å². The summed E-state index contributed by atoms with van der Waals surface area (Å²) < 4.78 is 7.61. The first-order valence-corrected chi connectivity index (χ1v) is 11.8. The van der Waals surface area contributed by atoms with Gasteiger partial charge in [-0.1, -0.05) is 11.3 Å². The number of anilines is 2. The van der Waals surface area contributed by atoms with Crippen molar-refractivity contribution in [3.63, 3.8) is 0 Å². The van der Waals surface area contributed by atoms with E-state index in [4.69, 9.17) is 4.74 Å². The third-order valence-electron chi connectivity index (χ3n) is 5.55. The molecule has 4 rings (SSSR count). The number of rotatable bonds is 7. The van der Waals surface area contributed by atoms with E-state index in [-0.39, 0.29) is 5.57 Å². The molecule has 1 aliphatic heterocycles. The third kappa shape index (κ3) is 4.91. The number of nitriles is 1. The summed E-state index contributed by atoms with van der Waals surface area (Å²) in [6, 6.07) is 11.8. The van der Waals surface area contributed by atoms with Crippen molar-refractivity contribution in [1.29, 1.82) is 5.26 Å². The Labute approximate surface area is 197 Å². The molecule has 0 atom stereocenters. The van der Waals surface area contributed by atoms with E-state index in [9.17, 15) is 10.1 Å². The molecule has 2 aromatic heterocycles. The zero-order valence-electron chi connectivity index (χ0n) is 19.0. The molecule has 1 fully saturated rings. The average molecular weight is 463 g/mol. The number of aromatic nitrogens is 3. The van der Waals surface area contributed by atoms with Crippen molar-refractivity contribution < 1.29 is 9.53 Å².